The van der Waals surface area contributed by atoms with E-state index in [0.717, 1.165) is 6.07 Å². The first-order chi connectivity index (χ1) is 12.5. The number of alkyl halides is 1. The fourth-order valence-electron chi connectivity index (χ4n) is 2.06. The van der Waals surface area contributed by atoms with Crippen molar-refractivity contribution < 1.29 is 18.3 Å². The summed E-state index contributed by atoms with van der Waals surface area (Å²) in [4.78, 5) is 23.7. The lowest BCUT2D eigenvalue weighted by molar-refractivity contribution is 0.102. The highest BCUT2D eigenvalue weighted by Crippen LogP contribution is 2.26. The van der Waals surface area contributed by atoms with Crippen molar-refractivity contribution in [2.24, 2.45) is 0 Å². The molecule has 0 aliphatic rings. The van der Waals surface area contributed by atoms with Crippen LogP contribution in [0.3, 0.4) is 0 Å². The fourth-order valence-corrected chi connectivity index (χ4v) is 2.29. The number of ether oxygens (including phenoxy) is 1. The van der Waals surface area contributed by atoms with Crippen LogP contribution in [0.25, 0.3) is 0 Å². The summed E-state index contributed by atoms with van der Waals surface area (Å²) in [6, 6.07) is 6.65. The number of anilines is 1. The first-order valence-corrected chi connectivity index (χ1v) is 7.69. The molecule has 9 heteroatoms. The van der Waals surface area contributed by atoms with Crippen molar-refractivity contribution in [3.63, 3.8) is 0 Å². The molecule has 0 aliphatic carbocycles. The van der Waals surface area contributed by atoms with E-state index in [4.69, 9.17) is 16.3 Å². The molecule has 0 atom stereocenters. The van der Waals surface area contributed by atoms with Gasteiger partial charge in [0.15, 0.2) is 5.75 Å². The number of carbonyl (C=O) groups is 1. The molecule has 1 N–H and O–H groups in total. The van der Waals surface area contributed by atoms with Gasteiger partial charge in [0.25, 0.3) is 5.91 Å². The van der Waals surface area contributed by atoms with Crippen molar-refractivity contribution in [3.8, 4) is 11.5 Å². The molecule has 1 aromatic carbocycles. The predicted octanol–water partition coefficient (Wildman–Crippen LogP) is 4.18. The standard InChI is InChI=1S/C17H11ClF2N4O2/c18-11-3-10(4-12(5-11)26-13-7-21-9-22-8-13)17(25)24-16-2-1-14(20)15(6-19)23-16/h1-5,7-9H,6H2,(H,23,24,25). The molecule has 0 bridgehead atoms. The molecule has 6 nitrogen and oxygen atoms in total. The van der Waals surface area contributed by atoms with Crippen molar-refractivity contribution in [1.29, 1.82) is 0 Å². The zero-order chi connectivity index (χ0) is 18.5. The van der Waals surface area contributed by atoms with Gasteiger partial charge in [-0.1, -0.05) is 11.6 Å². The molecule has 2 heterocycles. The number of hydrogen-bond donors (Lipinski definition) is 1. The summed E-state index contributed by atoms with van der Waals surface area (Å²) in [7, 11) is 0. The average molecular weight is 377 g/mol. The zero-order valence-electron chi connectivity index (χ0n) is 13.1. The van der Waals surface area contributed by atoms with Gasteiger partial charge in [0.05, 0.1) is 12.4 Å². The Morgan fingerprint density at radius 2 is 1.92 bits per heavy atom. The summed E-state index contributed by atoms with van der Waals surface area (Å²) in [5.41, 5.74) is -0.209. The molecular formula is C17H11ClF2N4O2. The maximum atomic E-state index is 13.3. The van der Waals surface area contributed by atoms with Crippen molar-refractivity contribution in [2.45, 2.75) is 6.67 Å². The number of nitrogens with zero attached hydrogens (tertiary/aromatic N) is 3. The van der Waals surface area contributed by atoms with Gasteiger partial charge in [-0.2, -0.15) is 0 Å². The first kappa shape index (κ1) is 17.7. The van der Waals surface area contributed by atoms with Crippen LogP contribution in [0.5, 0.6) is 11.5 Å². The first-order valence-electron chi connectivity index (χ1n) is 7.31. The van der Waals surface area contributed by atoms with Crippen LogP contribution in [0, 0.1) is 5.82 Å². The Morgan fingerprint density at radius 3 is 2.65 bits per heavy atom. The minimum Gasteiger partial charge on any atom is -0.454 e. The van der Waals surface area contributed by atoms with E-state index >= 15 is 0 Å². The summed E-state index contributed by atoms with van der Waals surface area (Å²) in [5, 5.41) is 2.72. The van der Waals surface area contributed by atoms with Crippen LogP contribution in [0.1, 0.15) is 16.1 Å². The second kappa shape index (κ2) is 7.83. The molecule has 2 aromatic heterocycles. The Hall–Kier alpha value is -3.13. The number of carbonyl (C=O) groups excluding carboxylic acids is 1. The Kier molecular flexibility index (Phi) is 5.33. The number of halogens is 3. The van der Waals surface area contributed by atoms with E-state index < -0.39 is 18.4 Å². The van der Waals surface area contributed by atoms with E-state index in [1.165, 1.54) is 43.0 Å². The lowest BCUT2D eigenvalue weighted by atomic mass is 10.2. The van der Waals surface area contributed by atoms with Crippen molar-refractivity contribution >= 4 is 23.3 Å². The van der Waals surface area contributed by atoms with E-state index in [0.29, 0.717) is 11.5 Å². The van der Waals surface area contributed by atoms with Crippen LogP contribution in [0.4, 0.5) is 14.6 Å². The van der Waals surface area contributed by atoms with Crippen LogP contribution in [-0.2, 0) is 6.67 Å². The van der Waals surface area contributed by atoms with E-state index in [9.17, 15) is 13.6 Å². The van der Waals surface area contributed by atoms with Crippen LogP contribution in [0.2, 0.25) is 5.02 Å². The van der Waals surface area contributed by atoms with E-state index in [1.807, 2.05) is 0 Å². The van der Waals surface area contributed by atoms with Crippen molar-refractivity contribution in [2.75, 3.05) is 5.32 Å². The van der Waals surface area contributed by atoms with Gasteiger partial charge >= 0.3 is 0 Å². The molecule has 132 valence electrons. The SMILES string of the molecule is O=C(Nc1ccc(F)c(CF)n1)c1cc(Cl)cc(Oc2cncnc2)c1. The molecule has 0 spiro atoms. The highest BCUT2D eigenvalue weighted by molar-refractivity contribution is 6.31. The number of nitrogens with one attached hydrogen (secondary N) is 1. The fraction of sp³-hybridized carbons (Fsp3) is 0.0588. The Morgan fingerprint density at radius 1 is 1.15 bits per heavy atom. The Balaban J connectivity index is 1.81. The van der Waals surface area contributed by atoms with Crippen LogP contribution < -0.4 is 10.1 Å². The molecule has 0 saturated carbocycles. The molecule has 1 amide bonds. The van der Waals surface area contributed by atoms with Gasteiger partial charge in [-0.15, -0.1) is 0 Å². The number of amides is 1. The third kappa shape index (κ3) is 4.28. The van der Waals surface area contributed by atoms with Gasteiger partial charge in [-0.3, -0.25) is 4.79 Å². The summed E-state index contributed by atoms with van der Waals surface area (Å²) in [5.74, 6) is -0.662. The Labute approximate surface area is 151 Å². The zero-order valence-corrected chi connectivity index (χ0v) is 13.9. The van der Waals surface area contributed by atoms with E-state index in [-0.39, 0.29) is 22.1 Å². The van der Waals surface area contributed by atoms with Gasteiger partial charge in [0.1, 0.15) is 36.1 Å². The van der Waals surface area contributed by atoms with Crippen LogP contribution >= 0.6 is 11.6 Å². The van der Waals surface area contributed by atoms with Gasteiger partial charge in [0.2, 0.25) is 0 Å². The minimum absolute atomic E-state index is 0.0166. The highest BCUT2D eigenvalue weighted by Gasteiger charge is 2.12. The average Bonchev–Trinajstić information content (AvgIpc) is 2.63. The molecule has 26 heavy (non-hydrogen) atoms. The third-order valence-electron chi connectivity index (χ3n) is 3.19. The summed E-state index contributed by atoms with van der Waals surface area (Å²) in [6.07, 6.45) is 4.26. The van der Waals surface area contributed by atoms with Crippen LogP contribution in [-0.4, -0.2) is 20.9 Å². The predicted molar refractivity (Wildman–Crippen MR) is 90.5 cm³/mol. The topological polar surface area (TPSA) is 77.0 Å². The number of pyridine rings is 1. The molecule has 0 saturated heterocycles. The van der Waals surface area contributed by atoms with Gasteiger partial charge < -0.3 is 10.1 Å². The van der Waals surface area contributed by atoms with Gasteiger partial charge in [0, 0.05) is 10.6 Å². The lowest BCUT2D eigenvalue weighted by Gasteiger charge is -2.09. The molecule has 0 unspecified atom stereocenters. The summed E-state index contributed by atoms with van der Waals surface area (Å²) < 4.78 is 31.5. The molecule has 3 rings (SSSR count). The quantitative estimate of drug-likeness (QED) is 0.722. The van der Waals surface area contributed by atoms with Gasteiger partial charge in [-0.25, -0.2) is 23.7 Å². The number of hydrogen-bond acceptors (Lipinski definition) is 5. The van der Waals surface area contributed by atoms with Crippen molar-refractivity contribution in [3.05, 3.63) is 71.2 Å². The van der Waals surface area contributed by atoms with Crippen molar-refractivity contribution in [1.82, 2.24) is 15.0 Å². The Bertz CT molecular complexity index is 941. The maximum absolute atomic E-state index is 13.3. The molecular weight excluding hydrogens is 366 g/mol. The second-order valence-corrected chi connectivity index (χ2v) is 5.50. The largest absolute Gasteiger partial charge is 0.454 e. The maximum Gasteiger partial charge on any atom is 0.257 e. The lowest BCUT2D eigenvalue weighted by Crippen LogP contribution is -2.14. The van der Waals surface area contributed by atoms with E-state index in [2.05, 4.69) is 20.3 Å². The second-order valence-electron chi connectivity index (χ2n) is 5.06. The number of aromatic nitrogens is 3. The summed E-state index contributed by atoms with van der Waals surface area (Å²) >= 11 is 6.03. The molecule has 0 radical (unpaired) electrons. The number of benzene rings is 1. The smallest absolute Gasteiger partial charge is 0.257 e. The van der Waals surface area contributed by atoms with E-state index in [1.54, 1.807) is 0 Å². The third-order valence-corrected chi connectivity index (χ3v) is 3.41. The monoisotopic (exact) mass is 376 g/mol. The van der Waals surface area contributed by atoms with Gasteiger partial charge in [-0.05, 0) is 30.3 Å². The van der Waals surface area contributed by atoms with Crippen LogP contribution in [0.15, 0.2) is 49.1 Å². The minimum atomic E-state index is -1.08. The molecule has 3 aromatic rings. The summed E-state index contributed by atoms with van der Waals surface area (Å²) in [6.45, 7) is -1.08. The molecule has 0 fully saturated rings. The normalized spacial score (nSPS) is 10.4. The highest BCUT2D eigenvalue weighted by atomic mass is 35.5. The molecule has 0 aliphatic heterocycles. The number of rotatable bonds is 5.